The van der Waals surface area contributed by atoms with Gasteiger partial charge in [0.05, 0.1) is 0 Å². The number of anilines is 1. The van der Waals surface area contributed by atoms with Crippen molar-refractivity contribution in [3.63, 3.8) is 0 Å². The summed E-state index contributed by atoms with van der Waals surface area (Å²) in [5, 5.41) is 0. The van der Waals surface area contributed by atoms with Gasteiger partial charge in [0.25, 0.3) is 0 Å². The fraction of sp³-hybridized carbons (Fsp3) is 0.0833. The summed E-state index contributed by atoms with van der Waals surface area (Å²) in [5.74, 6) is 0.242. The van der Waals surface area contributed by atoms with Crippen molar-refractivity contribution < 1.29 is 4.39 Å². The highest BCUT2D eigenvalue weighted by molar-refractivity contribution is 5.66. The molecule has 0 fully saturated rings. The summed E-state index contributed by atoms with van der Waals surface area (Å²) in [6.45, 7) is 1.88. The van der Waals surface area contributed by atoms with Crippen LogP contribution in [0.3, 0.4) is 0 Å². The number of aryl methyl sites for hydroxylation is 1. The summed E-state index contributed by atoms with van der Waals surface area (Å²) >= 11 is 0. The van der Waals surface area contributed by atoms with Gasteiger partial charge in [-0.1, -0.05) is 12.1 Å². The maximum Gasteiger partial charge on any atom is 0.124 e. The molecule has 0 atom stereocenters. The monoisotopic (exact) mass is 202 g/mol. The molecule has 15 heavy (non-hydrogen) atoms. The highest BCUT2D eigenvalue weighted by Crippen LogP contribution is 2.21. The van der Waals surface area contributed by atoms with Crippen LogP contribution in [0.15, 0.2) is 36.4 Å². The molecular formula is C12H11FN2. The van der Waals surface area contributed by atoms with E-state index in [0.717, 1.165) is 16.8 Å². The van der Waals surface area contributed by atoms with Crippen molar-refractivity contribution in [1.29, 1.82) is 0 Å². The lowest BCUT2D eigenvalue weighted by atomic mass is 10.1. The van der Waals surface area contributed by atoms with Gasteiger partial charge in [0.2, 0.25) is 0 Å². The van der Waals surface area contributed by atoms with Crippen LogP contribution in [-0.4, -0.2) is 4.98 Å². The number of nitrogens with zero attached hydrogens (tertiary/aromatic N) is 1. The van der Waals surface area contributed by atoms with Gasteiger partial charge in [-0.15, -0.1) is 0 Å². The van der Waals surface area contributed by atoms with E-state index in [1.54, 1.807) is 18.2 Å². The van der Waals surface area contributed by atoms with E-state index >= 15 is 0 Å². The Balaban J connectivity index is 2.49. The number of hydrogen-bond donors (Lipinski definition) is 1. The van der Waals surface area contributed by atoms with Crippen molar-refractivity contribution >= 4 is 5.82 Å². The standard InChI is InChI=1S/C12H11FN2/c1-8-6-10(7-12(14)15-8)9-2-4-11(13)5-3-9/h2-7H,1H3,(H2,14,15). The van der Waals surface area contributed by atoms with Crippen molar-refractivity contribution in [2.24, 2.45) is 0 Å². The molecule has 1 aromatic heterocycles. The molecule has 1 aromatic carbocycles. The Bertz CT molecular complexity index is 457. The van der Waals surface area contributed by atoms with E-state index in [0.29, 0.717) is 5.82 Å². The third kappa shape index (κ3) is 2.13. The summed E-state index contributed by atoms with van der Waals surface area (Å²) < 4.78 is 12.7. The fourth-order valence-corrected chi connectivity index (χ4v) is 1.50. The van der Waals surface area contributed by atoms with E-state index in [-0.39, 0.29) is 5.82 Å². The van der Waals surface area contributed by atoms with Crippen molar-refractivity contribution in [3.8, 4) is 11.1 Å². The second-order valence-corrected chi connectivity index (χ2v) is 3.43. The average molecular weight is 202 g/mol. The molecule has 76 valence electrons. The Morgan fingerprint density at radius 2 is 1.73 bits per heavy atom. The maximum absolute atomic E-state index is 12.7. The topological polar surface area (TPSA) is 38.9 Å². The molecule has 2 N–H and O–H groups in total. The first-order valence-electron chi connectivity index (χ1n) is 4.65. The number of hydrogen-bond acceptors (Lipinski definition) is 2. The Morgan fingerprint density at radius 1 is 1.07 bits per heavy atom. The first-order valence-corrected chi connectivity index (χ1v) is 4.65. The van der Waals surface area contributed by atoms with Crippen LogP contribution < -0.4 is 5.73 Å². The zero-order valence-corrected chi connectivity index (χ0v) is 8.37. The first-order chi connectivity index (χ1) is 7.15. The molecule has 0 aliphatic rings. The first kappa shape index (κ1) is 9.65. The van der Waals surface area contributed by atoms with Crippen molar-refractivity contribution in [2.45, 2.75) is 6.92 Å². The van der Waals surface area contributed by atoms with Crippen LogP contribution in [0.2, 0.25) is 0 Å². The molecule has 2 aromatic rings. The molecule has 0 bridgehead atoms. The van der Waals surface area contributed by atoms with E-state index in [1.165, 1.54) is 12.1 Å². The van der Waals surface area contributed by atoms with Crippen LogP contribution in [0.4, 0.5) is 10.2 Å². The number of nitrogens with two attached hydrogens (primary N) is 1. The SMILES string of the molecule is Cc1cc(-c2ccc(F)cc2)cc(N)n1. The zero-order valence-electron chi connectivity index (χ0n) is 8.37. The summed E-state index contributed by atoms with van der Waals surface area (Å²) in [5.41, 5.74) is 8.39. The van der Waals surface area contributed by atoms with Gasteiger partial charge in [0, 0.05) is 5.69 Å². The van der Waals surface area contributed by atoms with E-state index < -0.39 is 0 Å². The van der Waals surface area contributed by atoms with Gasteiger partial charge in [-0.05, 0) is 42.3 Å². The molecule has 0 aliphatic carbocycles. The number of nitrogen functional groups attached to an aromatic ring is 1. The fourth-order valence-electron chi connectivity index (χ4n) is 1.50. The predicted octanol–water partition coefficient (Wildman–Crippen LogP) is 2.78. The van der Waals surface area contributed by atoms with Gasteiger partial charge in [-0.3, -0.25) is 0 Å². The summed E-state index contributed by atoms with van der Waals surface area (Å²) in [6, 6.07) is 10.0. The third-order valence-corrected chi connectivity index (χ3v) is 2.15. The zero-order chi connectivity index (χ0) is 10.8. The van der Waals surface area contributed by atoms with Crippen molar-refractivity contribution in [1.82, 2.24) is 4.98 Å². The molecule has 0 aliphatic heterocycles. The average Bonchev–Trinajstić information content (AvgIpc) is 2.17. The third-order valence-electron chi connectivity index (χ3n) is 2.15. The molecule has 1 heterocycles. The highest BCUT2D eigenvalue weighted by Gasteiger charge is 2.00. The largest absolute Gasteiger partial charge is 0.384 e. The van der Waals surface area contributed by atoms with Crippen LogP contribution >= 0.6 is 0 Å². The summed E-state index contributed by atoms with van der Waals surface area (Å²) in [4.78, 5) is 4.08. The molecule has 0 saturated heterocycles. The number of rotatable bonds is 1. The molecule has 0 saturated carbocycles. The van der Waals surface area contributed by atoms with Gasteiger partial charge < -0.3 is 5.73 Å². The van der Waals surface area contributed by atoms with Crippen molar-refractivity contribution in [2.75, 3.05) is 5.73 Å². The minimum Gasteiger partial charge on any atom is -0.384 e. The Kier molecular flexibility index (Phi) is 2.37. The van der Waals surface area contributed by atoms with Gasteiger partial charge in [-0.25, -0.2) is 9.37 Å². The molecule has 0 unspecified atom stereocenters. The van der Waals surface area contributed by atoms with E-state index in [4.69, 9.17) is 5.73 Å². The molecule has 2 nitrogen and oxygen atoms in total. The maximum atomic E-state index is 12.7. The van der Waals surface area contributed by atoms with Crippen LogP contribution in [0.5, 0.6) is 0 Å². The quantitative estimate of drug-likeness (QED) is 0.772. The molecule has 0 amide bonds. The van der Waals surface area contributed by atoms with Crippen LogP contribution in [0.25, 0.3) is 11.1 Å². The number of halogens is 1. The Morgan fingerprint density at radius 3 is 2.33 bits per heavy atom. The second kappa shape index (κ2) is 3.69. The van der Waals surface area contributed by atoms with Gasteiger partial charge in [0.15, 0.2) is 0 Å². The normalized spacial score (nSPS) is 10.3. The van der Waals surface area contributed by atoms with E-state index in [9.17, 15) is 4.39 Å². The molecule has 2 rings (SSSR count). The lowest BCUT2D eigenvalue weighted by Gasteiger charge is -2.04. The number of aromatic nitrogens is 1. The molecular weight excluding hydrogens is 191 g/mol. The predicted molar refractivity (Wildman–Crippen MR) is 58.8 cm³/mol. The number of benzene rings is 1. The molecule has 0 spiro atoms. The lowest BCUT2D eigenvalue weighted by molar-refractivity contribution is 0.628. The smallest absolute Gasteiger partial charge is 0.124 e. The van der Waals surface area contributed by atoms with Crippen LogP contribution in [-0.2, 0) is 0 Å². The van der Waals surface area contributed by atoms with Gasteiger partial charge in [-0.2, -0.15) is 0 Å². The summed E-state index contributed by atoms with van der Waals surface area (Å²) in [6.07, 6.45) is 0. The van der Waals surface area contributed by atoms with Gasteiger partial charge >= 0.3 is 0 Å². The lowest BCUT2D eigenvalue weighted by Crippen LogP contribution is -1.93. The minimum atomic E-state index is -0.238. The summed E-state index contributed by atoms with van der Waals surface area (Å²) in [7, 11) is 0. The minimum absolute atomic E-state index is 0.238. The van der Waals surface area contributed by atoms with Crippen LogP contribution in [0, 0.1) is 12.7 Å². The van der Waals surface area contributed by atoms with Crippen molar-refractivity contribution in [3.05, 3.63) is 47.9 Å². The Hall–Kier alpha value is -1.90. The molecule has 0 radical (unpaired) electrons. The number of pyridine rings is 1. The van der Waals surface area contributed by atoms with Gasteiger partial charge in [0.1, 0.15) is 11.6 Å². The molecule has 3 heteroatoms. The highest BCUT2D eigenvalue weighted by atomic mass is 19.1. The van der Waals surface area contributed by atoms with Crippen LogP contribution in [0.1, 0.15) is 5.69 Å². The second-order valence-electron chi connectivity index (χ2n) is 3.43. The van der Waals surface area contributed by atoms with E-state index in [1.807, 2.05) is 13.0 Å². The van der Waals surface area contributed by atoms with E-state index in [2.05, 4.69) is 4.98 Å². The Labute approximate surface area is 87.6 Å².